The average molecular weight is 409 g/mol. The molecule has 0 aromatic rings. The largest absolute Gasteiger partial charge is 0.356 e. The first-order valence-electron chi connectivity index (χ1n) is 10.6. The minimum atomic E-state index is -0.632. The second kappa shape index (κ2) is 13.9. The van der Waals surface area contributed by atoms with E-state index in [1.54, 1.807) is 0 Å². The number of hydrogen-bond acceptors (Lipinski definition) is 5. The van der Waals surface area contributed by atoms with E-state index < -0.39 is 6.04 Å². The maximum Gasteiger partial charge on any atom is 0.253 e. The number of nitrogens with one attached hydrogen (secondary N) is 2. The summed E-state index contributed by atoms with van der Waals surface area (Å²) in [5, 5.41) is 5.65. The van der Waals surface area contributed by atoms with E-state index in [0.717, 1.165) is 12.8 Å². The van der Waals surface area contributed by atoms with Gasteiger partial charge >= 0.3 is 0 Å². The molecule has 0 aromatic carbocycles. The Bertz CT molecular complexity index is 571. The van der Waals surface area contributed by atoms with Gasteiger partial charge in [-0.3, -0.25) is 24.1 Å². The lowest BCUT2D eigenvalue weighted by molar-refractivity contribution is -0.137. The van der Waals surface area contributed by atoms with Gasteiger partial charge in [0.25, 0.3) is 11.8 Å². The minimum absolute atomic E-state index is 0.00795. The molecule has 0 fully saturated rings. The van der Waals surface area contributed by atoms with Crippen molar-refractivity contribution in [3.05, 3.63) is 12.2 Å². The third kappa shape index (κ3) is 10.8. The van der Waals surface area contributed by atoms with Gasteiger partial charge < -0.3 is 16.4 Å². The summed E-state index contributed by atoms with van der Waals surface area (Å²) in [5.41, 5.74) is 5.87. The van der Waals surface area contributed by atoms with Gasteiger partial charge in [0.15, 0.2) is 0 Å². The Morgan fingerprint density at radius 3 is 2.21 bits per heavy atom. The summed E-state index contributed by atoms with van der Waals surface area (Å²) in [7, 11) is 0. The highest BCUT2D eigenvalue weighted by Crippen LogP contribution is 2.08. The first-order chi connectivity index (χ1) is 13.8. The van der Waals surface area contributed by atoms with Gasteiger partial charge in [0.2, 0.25) is 11.8 Å². The highest BCUT2D eigenvalue weighted by Gasteiger charge is 2.22. The summed E-state index contributed by atoms with van der Waals surface area (Å²) in [6.45, 7) is 5.83. The van der Waals surface area contributed by atoms with Crippen molar-refractivity contribution in [3.8, 4) is 0 Å². The second-order valence-corrected chi connectivity index (χ2v) is 7.90. The van der Waals surface area contributed by atoms with Crippen molar-refractivity contribution < 1.29 is 19.2 Å². The zero-order valence-electron chi connectivity index (χ0n) is 17.7. The Morgan fingerprint density at radius 1 is 0.931 bits per heavy atom. The van der Waals surface area contributed by atoms with E-state index in [1.165, 1.54) is 23.5 Å². The Hall–Kier alpha value is -2.22. The van der Waals surface area contributed by atoms with Crippen LogP contribution >= 0.6 is 0 Å². The molecule has 0 saturated carbocycles. The molecular formula is C21H36N4O4. The predicted octanol–water partition coefficient (Wildman–Crippen LogP) is 1.25. The van der Waals surface area contributed by atoms with Crippen LogP contribution in [0.25, 0.3) is 0 Å². The number of amides is 4. The van der Waals surface area contributed by atoms with Crippen LogP contribution < -0.4 is 16.4 Å². The van der Waals surface area contributed by atoms with Gasteiger partial charge in [-0.15, -0.1) is 0 Å². The van der Waals surface area contributed by atoms with E-state index in [2.05, 4.69) is 24.5 Å². The van der Waals surface area contributed by atoms with Gasteiger partial charge in [0.1, 0.15) is 0 Å². The molecule has 8 nitrogen and oxygen atoms in total. The topological polar surface area (TPSA) is 122 Å². The molecule has 0 radical (unpaired) electrons. The van der Waals surface area contributed by atoms with Gasteiger partial charge in [0.05, 0.1) is 6.04 Å². The summed E-state index contributed by atoms with van der Waals surface area (Å²) in [6.07, 6.45) is 8.49. The van der Waals surface area contributed by atoms with Crippen molar-refractivity contribution in [1.82, 2.24) is 15.5 Å². The molecule has 0 saturated heterocycles. The quantitative estimate of drug-likeness (QED) is 0.278. The predicted molar refractivity (Wildman–Crippen MR) is 112 cm³/mol. The van der Waals surface area contributed by atoms with Gasteiger partial charge in [-0.25, -0.2) is 0 Å². The first-order valence-corrected chi connectivity index (χ1v) is 10.6. The number of carbonyl (C=O) groups is 4. The first kappa shape index (κ1) is 24.8. The fraction of sp³-hybridized carbons (Fsp3) is 0.714. The minimum Gasteiger partial charge on any atom is -0.356 e. The maximum atomic E-state index is 12.0. The van der Waals surface area contributed by atoms with Crippen molar-refractivity contribution in [2.75, 3.05) is 19.6 Å². The van der Waals surface area contributed by atoms with Crippen LogP contribution in [0.5, 0.6) is 0 Å². The van der Waals surface area contributed by atoms with Gasteiger partial charge in [-0.1, -0.05) is 26.7 Å². The summed E-state index contributed by atoms with van der Waals surface area (Å²) < 4.78 is 0. The van der Waals surface area contributed by atoms with Crippen LogP contribution in [0.2, 0.25) is 0 Å². The Labute approximate surface area is 173 Å². The number of nitrogens with two attached hydrogens (primary N) is 1. The molecule has 0 aromatic heterocycles. The van der Waals surface area contributed by atoms with E-state index in [0.29, 0.717) is 57.7 Å². The lowest BCUT2D eigenvalue weighted by Crippen LogP contribution is -2.41. The van der Waals surface area contributed by atoms with Crippen LogP contribution in [-0.2, 0) is 19.2 Å². The van der Waals surface area contributed by atoms with Crippen LogP contribution in [0.3, 0.4) is 0 Å². The zero-order chi connectivity index (χ0) is 21.6. The monoisotopic (exact) mass is 408 g/mol. The fourth-order valence-electron chi connectivity index (χ4n) is 3.00. The van der Waals surface area contributed by atoms with Crippen LogP contribution in [-0.4, -0.2) is 54.2 Å². The molecule has 1 unspecified atom stereocenters. The van der Waals surface area contributed by atoms with Gasteiger partial charge in [-0.05, 0) is 38.0 Å². The molecule has 0 bridgehead atoms. The molecule has 1 aliphatic rings. The smallest absolute Gasteiger partial charge is 0.253 e. The molecule has 8 heteroatoms. The molecule has 4 amide bonds. The molecule has 4 N–H and O–H groups in total. The second-order valence-electron chi connectivity index (χ2n) is 7.90. The number of nitrogens with zero attached hydrogens (tertiary/aromatic N) is 1. The van der Waals surface area contributed by atoms with Crippen molar-refractivity contribution in [2.24, 2.45) is 11.7 Å². The molecule has 1 heterocycles. The van der Waals surface area contributed by atoms with Crippen molar-refractivity contribution in [3.63, 3.8) is 0 Å². The van der Waals surface area contributed by atoms with Gasteiger partial charge in [-0.2, -0.15) is 0 Å². The molecule has 0 aliphatic carbocycles. The highest BCUT2D eigenvalue weighted by molar-refractivity contribution is 6.12. The SMILES string of the molecule is CC(C)CCCCNC(=O)CCCNC(=O)C(N)CCCCN1C(=O)C=CC1=O. The molecule has 1 rings (SSSR count). The molecule has 1 aliphatic heterocycles. The third-order valence-corrected chi connectivity index (χ3v) is 4.79. The molecule has 29 heavy (non-hydrogen) atoms. The average Bonchev–Trinajstić information content (AvgIpc) is 2.99. The summed E-state index contributed by atoms with van der Waals surface area (Å²) in [5.74, 6) is -0.132. The van der Waals surface area contributed by atoms with Crippen LogP contribution in [0.15, 0.2) is 12.2 Å². The highest BCUT2D eigenvalue weighted by atomic mass is 16.2. The number of imide groups is 1. The number of carbonyl (C=O) groups excluding carboxylic acids is 4. The molecule has 0 spiro atoms. The molecule has 164 valence electrons. The summed E-state index contributed by atoms with van der Waals surface area (Å²) in [6, 6.07) is -0.632. The zero-order valence-corrected chi connectivity index (χ0v) is 17.7. The fourth-order valence-corrected chi connectivity index (χ4v) is 3.00. The Kier molecular flexibility index (Phi) is 11.9. The van der Waals surface area contributed by atoms with E-state index in [-0.39, 0.29) is 23.6 Å². The molecular weight excluding hydrogens is 372 g/mol. The standard InChI is InChI=1S/C21H36N4O4/c1-16(2)8-3-5-13-23-18(26)10-7-14-24-21(29)17(22)9-4-6-15-25-19(27)11-12-20(25)28/h11-12,16-17H,3-10,13-15,22H2,1-2H3,(H,23,26)(H,24,29). The maximum absolute atomic E-state index is 12.0. The lowest BCUT2D eigenvalue weighted by Gasteiger charge is -2.15. The molecule has 1 atom stereocenters. The summed E-state index contributed by atoms with van der Waals surface area (Å²) in [4.78, 5) is 47.8. The normalized spacial score (nSPS) is 14.6. The van der Waals surface area contributed by atoms with E-state index in [9.17, 15) is 19.2 Å². The van der Waals surface area contributed by atoms with Gasteiger partial charge in [0, 0.05) is 38.2 Å². The van der Waals surface area contributed by atoms with Crippen molar-refractivity contribution in [2.45, 2.75) is 71.3 Å². The Morgan fingerprint density at radius 2 is 1.55 bits per heavy atom. The van der Waals surface area contributed by atoms with E-state index in [4.69, 9.17) is 5.73 Å². The number of unbranched alkanes of at least 4 members (excludes halogenated alkanes) is 2. The van der Waals surface area contributed by atoms with E-state index >= 15 is 0 Å². The van der Waals surface area contributed by atoms with Crippen molar-refractivity contribution in [1.29, 1.82) is 0 Å². The summed E-state index contributed by atoms with van der Waals surface area (Å²) >= 11 is 0. The van der Waals surface area contributed by atoms with Crippen molar-refractivity contribution >= 4 is 23.6 Å². The lowest BCUT2D eigenvalue weighted by atomic mass is 10.1. The van der Waals surface area contributed by atoms with Crippen LogP contribution in [0, 0.1) is 5.92 Å². The number of rotatable bonds is 15. The van der Waals surface area contributed by atoms with Crippen LogP contribution in [0.1, 0.15) is 65.2 Å². The third-order valence-electron chi connectivity index (χ3n) is 4.79. The van der Waals surface area contributed by atoms with Crippen LogP contribution in [0.4, 0.5) is 0 Å². The Balaban J connectivity index is 2.01. The van der Waals surface area contributed by atoms with E-state index in [1.807, 2.05) is 0 Å². The number of hydrogen-bond donors (Lipinski definition) is 3.